The Kier molecular flexibility index (Phi) is 4.84. The molecular weight excluding hydrogens is 418 g/mol. The van der Waals surface area contributed by atoms with E-state index in [-0.39, 0.29) is 22.9 Å². The van der Waals surface area contributed by atoms with Crippen LogP contribution in [0.4, 0.5) is 11.6 Å². The van der Waals surface area contributed by atoms with Crippen LogP contribution in [0.2, 0.25) is 0 Å². The molecule has 0 spiro atoms. The van der Waals surface area contributed by atoms with Crippen LogP contribution in [0.5, 0.6) is 0 Å². The highest BCUT2D eigenvalue weighted by Crippen LogP contribution is 2.32. The minimum atomic E-state index is -4.48. The Morgan fingerprint density at radius 3 is 1.39 bits per heavy atom. The van der Waals surface area contributed by atoms with Crippen LogP contribution in [0.1, 0.15) is 0 Å². The van der Waals surface area contributed by atoms with Crippen LogP contribution in [0.15, 0.2) is 12.7 Å². The summed E-state index contributed by atoms with van der Waals surface area (Å²) >= 11 is 0. The number of hydrogen-bond donors (Lipinski definition) is 8. The predicted octanol–water partition coefficient (Wildman–Crippen LogP) is -2.52. The van der Waals surface area contributed by atoms with Gasteiger partial charge in [-0.05, 0) is 0 Å². The first kappa shape index (κ1) is 19.8. The lowest BCUT2D eigenvalue weighted by Gasteiger charge is -2.02. The molecule has 4 heterocycles. The quantitative estimate of drug-likeness (QED) is 0.152. The van der Waals surface area contributed by atoms with E-state index in [0.29, 0.717) is 11.0 Å². The van der Waals surface area contributed by atoms with Gasteiger partial charge in [0, 0.05) is 0 Å². The van der Waals surface area contributed by atoms with E-state index in [1.54, 1.807) is 0 Å². The van der Waals surface area contributed by atoms with E-state index in [2.05, 4.69) is 39.9 Å². The summed E-state index contributed by atoms with van der Waals surface area (Å²) in [5.41, 5.74) is 10.6. The van der Waals surface area contributed by atoms with Crippen LogP contribution in [-0.2, 0) is 9.13 Å². The van der Waals surface area contributed by atoms with Crippen molar-refractivity contribution in [3.63, 3.8) is 0 Å². The van der Waals surface area contributed by atoms with Crippen molar-refractivity contribution in [2.24, 2.45) is 0 Å². The van der Waals surface area contributed by atoms with Gasteiger partial charge in [-0.25, -0.2) is 19.9 Å². The summed E-state index contributed by atoms with van der Waals surface area (Å²) in [7, 11) is -8.96. The topological polar surface area (TPSA) is 276 Å². The summed E-state index contributed by atoms with van der Waals surface area (Å²) in [5, 5.41) is 0. The third kappa shape index (κ3) is 3.96. The summed E-state index contributed by atoms with van der Waals surface area (Å²) in [6.45, 7) is 0. The van der Waals surface area contributed by atoms with Crippen molar-refractivity contribution >= 4 is 60.3 Å². The van der Waals surface area contributed by atoms with E-state index in [4.69, 9.17) is 31.0 Å². The fraction of sp³-hybridized carbons (Fsp3) is 0. The lowest BCUT2D eigenvalue weighted by molar-refractivity contribution is 0.383. The lowest BCUT2D eigenvalue weighted by Crippen LogP contribution is -2.16. The van der Waals surface area contributed by atoms with Gasteiger partial charge in [0.25, 0.3) is 0 Å². The summed E-state index contributed by atoms with van der Waals surface area (Å²) in [6.07, 6.45) is 2.64. The number of H-pyrrole nitrogens is 2. The van der Waals surface area contributed by atoms with Crippen LogP contribution >= 0.6 is 15.2 Å². The SMILES string of the molecule is Nc1nc(P(=O)(O)O)nc2nc[nH]c12.Nc1nc(P(=O)(O)O)nc2nc[nH]c12. The van der Waals surface area contributed by atoms with Crippen molar-refractivity contribution in [2.45, 2.75) is 0 Å². The van der Waals surface area contributed by atoms with Gasteiger partial charge in [-0.15, -0.1) is 0 Å². The van der Waals surface area contributed by atoms with Gasteiger partial charge in [0.05, 0.1) is 12.7 Å². The smallest absolute Gasteiger partial charge is 0.382 e. The molecule has 0 atom stereocenters. The average Bonchev–Trinajstić information content (AvgIpc) is 3.22. The Hall–Kier alpha value is -3.00. The Labute approximate surface area is 153 Å². The molecule has 4 aromatic heterocycles. The average molecular weight is 430 g/mol. The van der Waals surface area contributed by atoms with Gasteiger partial charge in [0.15, 0.2) is 22.9 Å². The molecule has 18 heteroatoms. The largest absolute Gasteiger partial charge is 0.393 e. The molecule has 148 valence electrons. The van der Waals surface area contributed by atoms with Crippen molar-refractivity contribution in [1.82, 2.24) is 39.9 Å². The number of rotatable bonds is 2. The number of nitrogen functional groups attached to an aromatic ring is 2. The fourth-order valence-electron chi connectivity index (χ4n) is 1.95. The molecule has 4 aromatic rings. The van der Waals surface area contributed by atoms with Gasteiger partial charge < -0.3 is 41.0 Å². The minimum Gasteiger partial charge on any atom is -0.382 e. The molecule has 0 saturated carbocycles. The van der Waals surface area contributed by atoms with Crippen LogP contribution < -0.4 is 22.6 Å². The number of aromatic amines is 2. The first-order valence-electron chi connectivity index (χ1n) is 7.02. The van der Waals surface area contributed by atoms with E-state index in [9.17, 15) is 9.13 Å². The van der Waals surface area contributed by atoms with Crippen molar-refractivity contribution in [3.8, 4) is 0 Å². The molecule has 0 aliphatic carbocycles. The van der Waals surface area contributed by atoms with Gasteiger partial charge in [-0.3, -0.25) is 9.13 Å². The number of nitrogens with two attached hydrogens (primary N) is 2. The number of aromatic nitrogens is 8. The van der Waals surface area contributed by atoms with Gasteiger partial charge in [0.1, 0.15) is 11.0 Å². The zero-order valence-corrected chi connectivity index (χ0v) is 15.3. The molecule has 0 fully saturated rings. The Balaban J connectivity index is 0.000000161. The maximum Gasteiger partial charge on any atom is 0.393 e. The molecule has 0 bridgehead atoms. The van der Waals surface area contributed by atoms with Crippen LogP contribution in [-0.4, -0.2) is 59.4 Å². The van der Waals surface area contributed by atoms with Gasteiger partial charge >= 0.3 is 15.2 Å². The van der Waals surface area contributed by atoms with Crippen LogP contribution in [0.3, 0.4) is 0 Å². The maximum atomic E-state index is 10.8. The number of hydrogen-bond acceptors (Lipinski definition) is 10. The van der Waals surface area contributed by atoms with Crippen molar-refractivity contribution in [3.05, 3.63) is 12.7 Å². The van der Waals surface area contributed by atoms with E-state index >= 15 is 0 Å². The number of nitrogens with one attached hydrogen (secondary N) is 2. The Bertz CT molecular complexity index is 1160. The highest BCUT2D eigenvalue weighted by Gasteiger charge is 2.24. The van der Waals surface area contributed by atoms with E-state index in [0.717, 1.165) is 0 Å². The first-order chi connectivity index (χ1) is 13.0. The zero-order chi connectivity index (χ0) is 20.7. The lowest BCUT2D eigenvalue weighted by atomic mass is 10.5. The third-order valence-electron chi connectivity index (χ3n) is 3.12. The van der Waals surface area contributed by atoms with Crippen LogP contribution in [0, 0.1) is 0 Å². The molecule has 0 unspecified atom stereocenters. The molecule has 0 radical (unpaired) electrons. The van der Waals surface area contributed by atoms with E-state index in [1.165, 1.54) is 12.7 Å². The fourth-order valence-corrected chi connectivity index (χ4v) is 2.87. The molecule has 0 aliphatic heterocycles. The monoisotopic (exact) mass is 430 g/mol. The van der Waals surface area contributed by atoms with Gasteiger partial charge in [0.2, 0.25) is 11.1 Å². The first-order valence-corrected chi connectivity index (χ1v) is 10.2. The van der Waals surface area contributed by atoms with E-state index in [1.807, 2.05) is 0 Å². The molecule has 16 nitrogen and oxygen atoms in total. The number of imidazole rings is 2. The van der Waals surface area contributed by atoms with Crippen LogP contribution in [0.25, 0.3) is 22.3 Å². The molecule has 0 amide bonds. The second-order valence-electron chi connectivity index (χ2n) is 5.11. The third-order valence-corrected chi connectivity index (χ3v) is 4.57. The van der Waals surface area contributed by atoms with Crippen molar-refractivity contribution in [1.29, 1.82) is 0 Å². The maximum absolute atomic E-state index is 10.8. The highest BCUT2D eigenvalue weighted by molar-refractivity contribution is 7.60. The molecule has 0 aromatic carbocycles. The Morgan fingerprint density at radius 2 is 1.07 bits per heavy atom. The predicted molar refractivity (Wildman–Crippen MR) is 95.5 cm³/mol. The molecule has 28 heavy (non-hydrogen) atoms. The summed E-state index contributed by atoms with van der Waals surface area (Å²) < 4.78 is 21.7. The molecular formula is C10H12N10O6P2. The normalized spacial score (nSPS) is 12.1. The van der Waals surface area contributed by atoms with Crippen molar-refractivity contribution in [2.75, 3.05) is 11.5 Å². The van der Waals surface area contributed by atoms with Gasteiger partial charge in [-0.2, -0.15) is 9.97 Å². The standard InChI is InChI=1S/2C5H6N5O3P/c2*6-3-2-4(8-1-7-2)10-5(9-3)14(11,12)13/h2*1H,(H2,11,12,13)(H3,6,7,8,9,10). The van der Waals surface area contributed by atoms with Gasteiger partial charge in [-0.1, -0.05) is 0 Å². The summed E-state index contributed by atoms with van der Waals surface area (Å²) in [6, 6.07) is 0. The molecule has 4 rings (SSSR count). The van der Waals surface area contributed by atoms with Crippen molar-refractivity contribution < 1.29 is 28.7 Å². The minimum absolute atomic E-state index is 0.0363. The molecule has 10 N–H and O–H groups in total. The highest BCUT2D eigenvalue weighted by atomic mass is 31.2. The second kappa shape index (κ2) is 6.87. The molecule has 0 aliphatic rings. The molecule has 0 saturated heterocycles. The summed E-state index contributed by atoms with van der Waals surface area (Å²) in [4.78, 5) is 62.1. The number of fused-ring (bicyclic) bond motifs is 2. The summed E-state index contributed by atoms with van der Waals surface area (Å²) in [5.74, 6) is -0.0725. The second-order valence-corrected chi connectivity index (χ2v) is 8.08. The number of anilines is 2. The van der Waals surface area contributed by atoms with E-state index < -0.39 is 26.3 Å². The zero-order valence-electron chi connectivity index (χ0n) is 13.5. The number of nitrogens with zero attached hydrogens (tertiary/aromatic N) is 6. The Morgan fingerprint density at radius 1 is 0.714 bits per heavy atom.